The SMILES string of the molecule is COc1ccc(C(=O)N2CCCN(C(=O)C3CCCO3)CC2)cc1Cl. The lowest BCUT2D eigenvalue weighted by atomic mass is 10.2. The minimum Gasteiger partial charge on any atom is -0.495 e. The zero-order chi connectivity index (χ0) is 17.8. The third-order valence-electron chi connectivity index (χ3n) is 4.70. The summed E-state index contributed by atoms with van der Waals surface area (Å²) in [6.07, 6.45) is 2.19. The standard InChI is InChI=1S/C18H23ClN2O4/c1-24-15-6-5-13(12-14(15)19)17(22)20-7-3-8-21(10-9-20)18(23)16-4-2-11-25-16/h5-6,12,16H,2-4,7-11H2,1H3. The van der Waals surface area contributed by atoms with Gasteiger partial charge in [0.05, 0.1) is 12.1 Å². The number of benzene rings is 1. The molecule has 1 atom stereocenters. The zero-order valence-electron chi connectivity index (χ0n) is 14.4. The molecule has 2 heterocycles. The number of amides is 2. The molecule has 2 saturated heterocycles. The van der Waals surface area contributed by atoms with Gasteiger partial charge in [-0.3, -0.25) is 9.59 Å². The fraction of sp³-hybridized carbons (Fsp3) is 0.556. The minimum atomic E-state index is -0.303. The Kier molecular flexibility index (Phi) is 5.81. The van der Waals surface area contributed by atoms with Gasteiger partial charge in [0, 0.05) is 38.3 Å². The Morgan fingerprint density at radius 2 is 1.92 bits per heavy atom. The summed E-state index contributed by atoms with van der Waals surface area (Å²) in [4.78, 5) is 28.8. The molecule has 0 aliphatic carbocycles. The van der Waals surface area contributed by atoms with E-state index in [4.69, 9.17) is 21.1 Å². The fourth-order valence-corrected chi connectivity index (χ4v) is 3.56. The van der Waals surface area contributed by atoms with Crippen molar-refractivity contribution in [3.05, 3.63) is 28.8 Å². The van der Waals surface area contributed by atoms with Crippen molar-refractivity contribution < 1.29 is 19.1 Å². The zero-order valence-corrected chi connectivity index (χ0v) is 15.1. The summed E-state index contributed by atoms with van der Waals surface area (Å²) in [5, 5.41) is 0.415. The molecular weight excluding hydrogens is 344 g/mol. The Morgan fingerprint density at radius 3 is 2.60 bits per heavy atom. The number of methoxy groups -OCH3 is 1. The lowest BCUT2D eigenvalue weighted by Gasteiger charge is -2.24. The van der Waals surface area contributed by atoms with Crippen LogP contribution in [0.25, 0.3) is 0 Å². The van der Waals surface area contributed by atoms with Gasteiger partial charge in [-0.15, -0.1) is 0 Å². The minimum absolute atomic E-state index is 0.0549. The smallest absolute Gasteiger partial charge is 0.253 e. The second kappa shape index (κ2) is 8.06. The van der Waals surface area contributed by atoms with Crippen LogP contribution in [0.1, 0.15) is 29.6 Å². The van der Waals surface area contributed by atoms with E-state index in [1.165, 1.54) is 7.11 Å². The maximum absolute atomic E-state index is 12.7. The van der Waals surface area contributed by atoms with Crippen LogP contribution in [0, 0.1) is 0 Å². The molecule has 0 N–H and O–H groups in total. The van der Waals surface area contributed by atoms with Crippen molar-refractivity contribution in [1.29, 1.82) is 0 Å². The highest BCUT2D eigenvalue weighted by Gasteiger charge is 2.30. The number of rotatable bonds is 3. The van der Waals surface area contributed by atoms with E-state index in [1.807, 2.05) is 4.90 Å². The first kappa shape index (κ1) is 18.0. The number of hydrogen-bond acceptors (Lipinski definition) is 4. The van der Waals surface area contributed by atoms with Crippen LogP contribution in [-0.4, -0.2) is 67.6 Å². The van der Waals surface area contributed by atoms with Gasteiger partial charge >= 0.3 is 0 Å². The lowest BCUT2D eigenvalue weighted by Crippen LogP contribution is -2.41. The molecule has 6 nitrogen and oxygen atoms in total. The van der Waals surface area contributed by atoms with Gasteiger partial charge in [-0.25, -0.2) is 0 Å². The molecule has 1 unspecified atom stereocenters. The molecule has 0 saturated carbocycles. The van der Waals surface area contributed by atoms with Crippen LogP contribution in [-0.2, 0) is 9.53 Å². The lowest BCUT2D eigenvalue weighted by molar-refractivity contribution is -0.140. The average molecular weight is 367 g/mol. The maximum atomic E-state index is 12.7. The number of ether oxygens (including phenoxy) is 2. The monoisotopic (exact) mass is 366 g/mol. The van der Waals surface area contributed by atoms with Crippen molar-refractivity contribution in [3.8, 4) is 5.75 Å². The summed E-state index contributed by atoms with van der Waals surface area (Å²) in [5.74, 6) is 0.526. The van der Waals surface area contributed by atoms with Gasteiger partial charge in [-0.1, -0.05) is 11.6 Å². The molecule has 3 rings (SSSR count). The summed E-state index contributed by atoms with van der Waals surface area (Å²) in [6, 6.07) is 5.04. The number of hydrogen-bond donors (Lipinski definition) is 0. The maximum Gasteiger partial charge on any atom is 0.253 e. The molecule has 1 aromatic carbocycles. The predicted molar refractivity (Wildman–Crippen MR) is 94.1 cm³/mol. The van der Waals surface area contributed by atoms with Crippen molar-refractivity contribution in [2.24, 2.45) is 0 Å². The molecule has 0 aromatic heterocycles. The van der Waals surface area contributed by atoms with Crippen molar-refractivity contribution in [1.82, 2.24) is 9.80 Å². The van der Waals surface area contributed by atoms with Gasteiger partial charge in [0.25, 0.3) is 11.8 Å². The molecule has 0 spiro atoms. The summed E-state index contributed by atoms with van der Waals surface area (Å²) < 4.78 is 10.6. The number of carbonyl (C=O) groups is 2. The van der Waals surface area contributed by atoms with Crippen molar-refractivity contribution in [3.63, 3.8) is 0 Å². The molecule has 2 fully saturated rings. The topological polar surface area (TPSA) is 59.1 Å². The molecule has 136 valence electrons. The molecule has 2 amide bonds. The van der Waals surface area contributed by atoms with E-state index >= 15 is 0 Å². The van der Waals surface area contributed by atoms with E-state index in [0.717, 1.165) is 19.3 Å². The van der Waals surface area contributed by atoms with Gasteiger partial charge in [0.2, 0.25) is 0 Å². The van der Waals surface area contributed by atoms with Crippen LogP contribution in [0.5, 0.6) is 5.75 Å². The Hall–Kier alpha value is -1.79. The second-order valence-electron chi connectivity index (χ2n) is 6.32. The third-order valence-corrected chi connectivity index (χ3v) is 4.99. The van der Waals surface area contributed by atoms with Crippen LogP contribution in [0.4, 0.5) is 0 Å². The highest BCUT2D eigenvalue weighted by molar-refractivity contribution is 6.32. The van der Waals surface area contributed by atoms with Gasteiger partial charge in [0.1, 0.15) is 11.9 Å². The first-order chi connectivity index (χ1) is 12.1. The molecular formula is C18H23ClN2O4. The quantitative estimate of drug-likeness (QED) is 0.823. The van der Waals surface area contributed by atoms with E-state index in [1.54, 1.807) is 23.1 Å². The summed E-state index contributed by atoms with van der Waals surface area (Å²) >= 11 is 6.12. The predicted octanol–water partition coefficient (Wildman–Crippen LogP) is 2.20. The summed E-state index contributed by atoms with van der Waals surface area (Å²) in [5.41, 5.74) is 0.532. The van der Waals surface area contributed by atoms with E-state index in [0.29, 0.717) is 49.1 Å². The molecule has 2 aliphatic rings. The number of halogens is 1. The Balaban J connectivity index is 1.63. The summed E-state index contributed by atoms with van der Waals surface area (Å²) in [7, 11) is 1.54. The highest BCUT2D eigenvalue weighted by atomic mass is 35.5. The third kappa shape index (κ3) is 4.07. The van der Waals surface area contributed by atoms with Crippen LogP contribution >= 0.6 is 11.6 Å². The normalized spacial score (nSPS) is 21.1. The first-order valence-corrected chi connectivity index (χ1v) is 9.01. The van der Waals surface area contributed by atoms with E-state index in [2.05, 4.69) is 0 Å². The highest BCUT2D eigenvalue weighted by Crippen LogP contribution is 2.26. The van der Waals surface area contributed by atoms with E-state index in [9.17, 15) is 9.59 Å². The van der Waals surface area contributed by atoms with Crippen molar-refractivity contribution >= 4 is 23.4 Å². The van der Waals surface area contributed by atoms with Gasteiger partial charge in [-0.2, -0.15) is 0 Å². The second-order valence-corrected chi connectivity index (χ2v) is 6.73. The number of carbonyl (C=O) groups excluding carboxylic acids is 2. The average Bonchev–Trinajstić information content (AvgIpc) is 3.05. The van der Waals surface area contributed by atoms with Gasteiger partial charge in [-0.05, 0) is 37.5 Å². The van der Waals surface area contributed by atoms with Crippen LogP contribution in [0.15, 0.2) is 18.2 Å². The van der Waals surface area contributed by atoms with E-state index < -0.39 is 0 Å². The summed E-state index contributed by atoms with van der Waals surface area (Å²) in [6.45, 7) is 2.99. The van der Waals surface area contributed by atoms with Gasteiger partial charge < -0.3 is 19.3 Å². The largest absolute Gasteiger partial charge is 0.495 e. The molecule has 1 aromatic rings. The molecule has 2 aliphatic heterocycles. The van der Waals surface area contributed by atoms with Crippen molar-refractivity contribution in [2.45, 2.75) is 25.4 Å². The Labute approximate surface area is 152 Å². The van der Waals surface area contributed by atoms with Crippen LogP contribution < -0.4 is 4.74 Å². The fourth-order valence-electron chi connectivity index (χ4n) is 3.30. The van der Waals surface area contributed by atoms with E-state index in [-0.39, 0.29) is 17.9 Å². The van der Waals surface area contributed by atoms with Crippen LogP contribution in [0.3, 0.4) is 0 Å². The molecule has 0 bridgehead atoms. The Bertz CT molecular complexity index is 646. The van der Waals surface area contributed by atoms with Gasteiger partial charge in [0.15, 0.2) is 0 Å². The van der Waals surface area contributed by atoms with Crippen LogP contribution in [0.2, 0.25) is 5.02 Å². The number of nitrogens with zero attached hydrogens (tertiary/aromatic N) is 2. The Morgan fingerprint density at radius 1 is 1.16 bits per heavy atom. The molecule has 7 heteroatoms. The molecule has 0 radical (unpaired) electrons. The first-order valence-electron chi connectivity index (χ1n) is 8.63. The van der Waals surface area contributed by atoms with Crippen molar-refractivity contribution in [2.75, 3.05) is 39.9 Å². The molecule has 25 heavy (non-hydrogen) atoms.